The van der Waals surface area contributed by atoms with Gasteiger partial charge in [-0.1, -0.05) is 259 Å². The molecule has 0 heterocycles. The molecule has 0 aromatic heterocycles. The fraction of sp³-hybridized carbons (Fsp3) is 0.700. The molecule has 0 amide bonds. The van der Waals surface area contributed by atoms with Crippen LogP contribution in [0.5, 0.6) is 0 Å². The van der Waals surface area contributed by atoms with Crippen LogP contribution in [-0.4, -0.2) is 37.2 Å². The van der Waals surface area contributed by atoms with Crippen LogP contribution in [0, 0.1) is 0 Å². The van der Waals surface area contributed by atoms with Gasteiger partial charge in [-0.05, 0) is 128 Å². The molecule has 1 atom stereocenters. The highest BCUT2D eigenvalue weighted by Crippen LogP contribution is 2.15. The molecule has 0 bridgehead atoms. The molecule has 434 valence electrons. The normalized spacial score (nSPS) is 12.8. The van der Waals surface area contributed by atoms with Crippen LogP contribution in [0.2, 0.25) is 0 Å². The lowest BCUT2D eigenvalue weighted by Crippen LogP contribution is -2.30. The van der Waals surface area contributed by atoms with Crippen molar-refractivity contribution in [3.8, 4) is 0 Å². The van der Waals surface area contributed by atoms with Gasteiger partial charge in [-0.25, -0.2) is 0 Å². The Morgan fingerprint density at radius 3 is 0.816 bits per heavy atom. The molecule has 1 unspecified atom stereocenters. The second-order valence-electron chi connectivity index (χ2n) is 20.9. The van der Waals surface area contributed by atoms with Crippen LogP contribution in [0.15, 0.2) is 109 Å². The van der Waals surface area contributed by atoms with Gasteiger partial charge in [-0.3, -0.25) is 14.4 Å². The molecule has 0 saturated heterocycles. The number of carbonyl (C=O) groups is 3. The molecule has 0 aromatic carbocycles. The number of hydrogen-bond acceptors (Lipinski definition) is 6. The Hall–Kier alpha value is -3.93. The lowest BCUT2D eigenvalue weighted by Gasteiger charge is -2.18. The van der Waals surface area contributed by atoms with Gasteiger partial charge in [0.2, 0.25) is 0 Å². The first kappa shape index (κ1) is 72.1. The molecule has 0 N–H and O–H groups in total. The summed E-state index contributed by atoms with van der Waals surface area (Å²) in [7, 11) is 0. The third kappa shape index (κ3) is 60.9. The van der Waals surface area contributed by atoms with Crippen LogP contribution in [0.1, 0.15) is 297 Å². The van der Waals surface area contributed by atoms with E-state index in [9.17, 15) is 14.4 Å². The van der Waals surface area contributed by atoms with Gasteiger partial charge in [0.25, 0.3) is 0 Å². The molecule has 0 radical (unpaired) electrons. The number of ether oxygens (including phenoxy) is 3. The van der Waals surface area contributed by atoms with Crippen molar-refractivity contribution in [3.63, 3.8) is 0 Å². The summed E-state index contributed by atoms with van der Waals surface area (Å²) in [5, 5.41) is 0. The average Bonchev–Trinajstić information content (AvgIpc) is 3.42. The number of esters is 3. The van der Waals surface area contributed by atoms with Gasteiger partial charge in [-0.2, -0.15) is 0 Å². The van der Waals surface area contributed by atoms with E-state index in [1.54, 1.807) is 0 Å². The lowest BCUT2D eigenvalue weighted by molar-refractivity contribution is -0.167. The Morgan fingerprint density at radius 1 is 0.276 bits per heavy atom. The highest BCUT2D eigenvalue weighted by atomic mass is 16.6. The molecule has 6 nitrogen and oxygen atoms in total. The Kier molecular flexibility index (Phi) is 60.3. The second kappa shape index (κ2) is 63.6. The first-order valence-corrected chi connectivity index (χ1v) is 31.9. The van der Waals surface area contributed by atoms with Crippen LogP contribution in [0.25, 0.3) is 0 Å². The quantitative estimate of drug-likeness (QED) is 0.0261. The van der Waals surface area contributed by atoms with E-state index in [1.165, 1.54) is 122 Å². The summed E-state index contributed by atoms with van der Waals surface area (Å²) in [6, 6.07) is 0. The number of unbranched alkanes of at least 4 members (excludes halogenated alkanes) is 28. The summed E-state index contributed by atoms with van der Waals surface area (Å²) < 4.78 is 16.9. The maximum absolute atomic E-state index is 12.9. The molecule has 6 heteroatoms. The molecule has 76 heavy (non-hydrogen) atoms. The Balaban J connectivity index is 4.42. The predicted molar refractivity (Wildman–Crippen MR) is 330 cm³/mol. The Labute approximate surface area is 470 Å². The van der Waals surface area contributed by atoms with Crippen LogP contribution >= 0.6 is 0 Å². The summed E-state index contributed by atoms with van der Waals surface area (Å²) in [5.74, 6) is -0.922. The fourth-order valence-corrected chi connectivity index (χ4v) is 8.71. The third-order valence-electron chi connectivity index (χ3n) is 13.5. The standard InChI is InChI=1S/C70H118O6/c1-4-7-10-13-16-19-22-25-28-30-32-34-35-37-38-40-42-45-48-51-54-57-60-63-69(72)75-66-67(65-74-68(71)62-59-56-53-50-47-44-27-24-21-18-15-12-9-6-3)76-70(73)64-61-58-55-52-49-46-43-41-39-36-33-31-29-26-23-20-17-14-11-8-5-2/h8,11,17,20,22,24-27,29-30,32-33,35-37,41,43,67H,4-7,9-10,12-16,18-19,21,23,28,31,34,38-40,42,44-66H2,1-3H3/b11-8-,20-17-,25-22-,27-24-,29-26-,32-30-,36-33-,37-35-,43-41-. The van der Waals surface area contributed by atoms with Crippen molar-refractivity contribution in [2.24, 2.45) is 0 Å². The molecule has 0 aliphatic heterocycles. The van der Waals surface area contributed by atoms with Crippen molar-refractivity contribution in [2.45, 2.75) is 303 Å². The molecular weight excluding hydrogens is 937 g/mol. The minimum absolute atomic E-state index is 0.0935. The summed E-state index contributed by atoms with van der Waals surface area (Å²) >= 11 is 0. The van der Waals surface area contributed by atoms with Crippen molar-refractivity contribution in [3.05, 3.63) is 109 Å². The third-order valence-corrected chi connectivity index (χ3v) is 13.5. The van der Waals surface area contributed by atoms with E-state index in [2.05, 4.69) is 130 Å². The number of rotatable bonds is 57. The van der Waals surface area contributed by atoms with E-state index in [-0.39, 0.29) is 31.1 Å². The molecule has 0 aliphatic carbocycles. The van der Waals surface area contributed by atoms with E-state index >= 15 is 0 Å². The SMILES string of the molecule is CC/C=C\C/C=C\C/C=C\C/C=C\C/C=C\CCCCCCCC(=O)OC(COC(=O)CCCCCCC/C=C\CCCCCCC)COC(=O)CCCCCCCCCC/C=C\C/C=C\C/C=C\CCCCCCC. The van der Waals surface area contributed by atoms with Crippen molar-refractivity contribution in [1.29, 1.82) is 0 Å². The minimum Gasteiger partial charge on any atom is -0.462 e. The number of carbonyl (C=O) groups excluding carboxylic acids is 3. The van der Waals surface area contributed by atoms with Crippen LogP contribution < -0.4 is 0 Å². The maximum atomic E-state index is 12.9. The topological polar surface area (TPSA) is 78.9 Å². The second-order valence-corrected chi connectivity index (χ2v) is 20.9. The first-order valence-electron chi connectivity index (χ1n) is 31.9. The molecule has 0 rings (SSSR count). The van der Waals surface area contributed by atoms with Gasteiger partial charge in [0.05, 0.1) is 0 Å². The molecule has 0 spiro atoms. The van der Waals surface area contributed by atoms with E-state index < -0.39 is 6.10 Å². The first-order chi connectivity index (χ1) is 37.5. The lowest BCUT2D eigenvalue weighted by atomic mass is 10.1. The number of hydrogen-bond donors (Lipinski definition) is 0. The summed E-state index contributed by atoms with van der Waals surface area (Å²) in [5.41, 5.74) is 0. The van der Waals surface area contributed by atoms with Gasteiger partial charge in [0.1, 0.15) is 13.2 Å². The summed E-state index contributed by atoms with van der Waals surface area (Å²) in [6.07, 6.45) is 86.5. The van der Waals surface area contributed by atoms with Crippen molar-refractivity contribution in [1.82, 2.24) is 0 Å². The van der Waals surface area contributed by atoms with Gasteiger partial charge >= 0.3 is 17.9 Å². The average molecular weight is 1060 g/mol. The van der Waals surface area contributed by atoms with E-state index in [4.69, 9.17) is 14.2 Å². The highest BCUT2D eigenvalue weighted by molar-refractivity contribution is 5.71. The molecular formula is C70H118O6. The van der Waals surface area contributed by atoms with Crippen LogP contribution in [0.4, 0.5) is 0 Å². The Bertz CT molecular complexity index is 1540. The van der Waals surface area contributed by atoms with Crippen molar-refractivity contribution >= 4 is 17.9 Å². The zero-order valence-electron chi connectivity index (χ0n) is 49.7. The highest BCUT2D eigenvalue weighted by Gasteiger charge is 2.19. The maximum Gasteiger partial charge on any atom is 0.306 e. The fourth-order valence-electron chi connectivity index (χ4n) is 8.71. The smallest absolute Gasteiger partial charge is 0.306 e. The van der Waals surface area contributed by atoms with Gasteiger partial charge in [-0.15, -0.1) is 0 Å². The zero-order chi connectivity index (χ0) is 55.0. The summed E-state index contributed by atoms with van der Waals surface area (Å²) in [4.78, 5) is 38.3. The zero-order valence-corrected chi connectivity index (χ0v) is 49.7. The van der Waals surface area contributed by atoms with Crippen molar-refractivity contribution < 1.29 is 28.6 Å². The van der Waals surface area contributed by atoms with Crippen molar-refractivity contribution in [2.75, 3.05) is 13.2 Å². The number of allylic oxidation sites excluding steroid dienone is 18. The molecule has 0 saturated carbocycles. The largest absolute Gasteiger partial charge is 0.462 e. The summed E-state index contributed by atoms with van der Waals surface area (Å²) in [6.45, 7) is 6.49. The van der Waals surface area contributed by atoms with Gasteiger partial charge in [0.15, 0.2) is 6.10 Å². The minimum atomic E-state index is -0.798. The van der Waals surface area contributed by atoms with E-state index in [0.29, 0.717) is 19.3 Å². The molecule has 0 aliphatic rings. The van der Waals surface area contributed by atoms with Gasteiger partial charge in [0, 0.05) is 19.3 Å². The monoisotopic (exact) mass is 1050 g/mol. The Morgan fingerprint density at radius 2 is 0.513 bits per heavy atom. The van der Waals surface area contributed by atoms with E-state index in [0.717, 1.165) is 135 Å². The predicted octanol–water partition coefficient (Wildman–Crippen LogP) is 21.8. The van der Waals surface area contributed by atoms with Crippen LogP contribution in [-0.2, 0) is 28.6 Å². The van der Waals surface area contributed by atoms with Gasteiger partial charge < -0.3 is 14.2 Å². The van der Waals surface area contributed by atoms with E-state index in [1.807, 2.05) is 0 Å². The molecule has 0 fully saturated rings. The molecule has 0 aromatic rings. The van der Waals surface area contributed by atoms with Crippen LogP contribution in [0.3, 0.4) is 0 Å².